The Morgan fingerprint density at radius 2 is 1.77 bits per heavy atom. The molecule has 15 heteroatoms. The molecule has 2 aliphatic rings. The molecule has 0 aromatic carbocycles. The maximum atomic E-state index is 12.3. The van der Waals surface area contributed by atoms with E-state index in [9.17, 15) is 28.8 Å². The first-order valence-electron chi connectivity index (χ1n) is 12.9. The zero-order valence-electron chi connectivity index (χ0n) is 23.7. The largest absolute Gasteiger partial charge is 0.665 e. The van der Waals surface area contributed by atoms with Crippen LogP contribution in [0, 0.1) is 11.3 Å². The molecule has 5 unspecified atom stereocenters. The second-order valence-corrected chi connectivity index (χ2v) is 10.3. The Hall–Kier alpha value is -2.00. The van der Waals surface area contributed by atoms with Crippen LogP contribution in [0.5, 0.6) is 0 Å². The molecule has 3 N–H and O–H groups in total. The molecule has 2 fully saturated rings. The number of amides is 4. The van der Waals surface area contributed by atoms with Crippen LogP contribution in [0.3, 0.4) is 0 Å². The molecule has 2 aliphatic heterocycles. The molecule has 0 aromatic heterocycles. The van der Waals surface area contributed by atoms with E-state index in [1.54, 1.807) is 0 Å². The van der Waals surface area contributed by atoms with E-state index >= 15 is 0 Å². The zero-order valence-corrected chi connectivity index (χ0v) is 26.5. The van der Waals surface area contributed by atoms with Crippen molar-refractivity contribution >= 4 is 35.6 Å². The molecular weight excluding hydrogens is 605 g/mol. The summed E-state index contributed by atoms with van der Waals surface area (Å²) in [5.74, 6) is -3.47. The summed E-state index contributed by atoms with van der Waals surface area (Å²) in [4.78, 5) is 75.6. The Morgan fingerprint density at radius 1 is 1.15 bits per heavy atom. The fraction of sp³-hybridized carbons (Fsp3) is 0.760. The first-order chi connectivity index (χ1) is 18.3. The predicted molar refractivity (Wildman–Crippen MR) is 134 cm³/mol. The molecule has 0 spiro atoms. The predicted octanol–water partition coefficient (Wildman–Crippen LogP) is 0.770. The minimum atomic E-state index is -1.33. The first kappa shape index (κ1) is 36.0. The molecule has 4 amide bonds. The molecule has 0 aliphatic carbocycles. The van der Waals surface area contributed by atoms with Crippen LogP contribution in [0.1, 0.15) is 66.2 Å². The molecule has 14 nitrogen and oxygen atoms in total. The molecule has 2 saturated heterocycles. The molecule has 5 atom stereocenters. The Balaban J connectivity index is 0.00000800. The number of ether oxygens (including phenoxy) is 3. The number of imide groups is 1. The Kier molecular flexibility index (Phi) is 14.8. The number of hydrogen-bond acceptors (Lipinski definition) is 10. The van der Waals surface area contributed by atoms with Crippen molar-refractivity contribution in [3.63, 3.8) is 0 Å². The van der Waals surface area contributed by atoms with Gasteiger partial charge in [-0.25, -0.2) is 4.79 Å². The fourth-order valence-electron chi connectivity index (χ4n) is 4.39. The molecule has 0 saturated carbocycles. The standard InChI is InChI=1S/C25H39N4O10.Y/c1-14-17(13-27-18(31)12-16(26)23(35)36-5)38-24(22(25(14,3)4)28-15(2)30)37-11-7-6-8-21(34)39-29-19(32)9-10-20(29)33;/h14,16-17,22,24,26H,6-13H2,1-5H3,(H,27,31)(H,28,30);/q-1;. The number of carbonyl (C=O) groups excluding carboxylic acids is 6. The number of nitrogens with one attached hydrogen (secondary N) is 3. The average Bonchev–Trinajstić information content (AvgIpc) is 3.18. The van der Waals surface area contributed by atoms with Gasteiger partial charge in [0.25, 0.3) is 17.8 Å². The van der Waals surface area contributed by atoms with Crippen molar-refractivity contribution in [1.82, 2.24) is 15.7 Å². The van der Waals surface area contributed by atoms with Gasteiger partial charge in [-0.05, 0) is 30.2 Å². The van der Waals surface area contributed by atoms with Gasteiger partial charge in [-0.15, -0.1) is 5.06 Å². The van der Waals surface area contributed by atoms with Crippen LogP contribution in [-0.4, -0.2) is 85.4 Å². The van der Waals surface area contributed by atoms with Gasteiger partial charge >= 0.3 is 5.97 Å². The third kappa shape index (κ3) is 10.1. The van der Waals surface area contributed by atoms with Crippen molar-refractivity contribution in [2.75, 3.05) is 20.3 Å². The monoisotopic (exact) mass is 644 g/mol. The summed E-state index contributed by atoms with van der Waals surface area (Å²) in [6, 6.07) is -1.84. The molecule has 223 valence electrons. The van der Waals surface area contributed by atoms with Crippen molar-refractivity contribution in [2.45, 2.75) is 90.7 Å². The van der Waals surface area contributed by atoms with Gasteiger partial charge in [-0.2, -0.15) is 0 Å². The average molecular weight is 645 g/mol. The molecule has 40 heavy (non-hydrogen) atoms. The zero-order chi connectivity index (χ0) is 29.3. The number of esters is 1. The van der Waals surface area contributed by atoms with Crippen LogP contribution in [0.25, 0.3) is 5.73 Å². The van der Waals surface area contributed by atoms with Crippen LogP contribution in [0.4, 0.5) is 0 Å². The Labute approximate surface area is 258 Å². The first-order valence-corrected chi connectivity index (χ1v) is 12.9. The molecule has 1 radical (unpaired) electrons. The molecule has 2 rings (SSSR count). The normalized spacial score (nSPS) is 24.5. The number of methoxy groups -OCH3 is 1. The van der Waals surface area contributed by atoms with E-state index in [-0.39, 0.29) is 83.4 Å². The summed E-state index contributed by atoms with van der Waals surface area (Å²) in [5, 5.41) is 6.10. The topological polar surface area (TPSA) is 190 Å². The van der Waals surface area contributed by atoms with Crippen LogP contribution < -0.4 is 10.6 Å². The minimum absolute atomic E-state index is 0. The maximum Gasteiger partial charge on any atom is 0.333 e. The van der Waals surface area contributed by atoms with E-state index < -0.39 is 59.6 Å². The van der Waals surface area contributed by atoms with E-state index in [0.717, 1.165) is 7.11 Å². The van der Waals surface area contributed by atoms with Gasteiger partial charge in [-0.3, -0.25) is 24.0 Å². The summed E-state index contributed by atoms with van der Waals surface area (Å²) in [6.07, 6.45) is -0.891. The van der Waals surface area contributed by atoms with Crippen molar-refractivity contribution in [3.8, 4) is 0 Å². The van der Waals surface area contributed by atoms with E-state index in [1.165, 1.54) is 6.92 Å². The van der Waals surface area contributed by atoms with Crippen LogP contribution >= 0.6 is 0 Å². The van der Waals surface area contributed by atoms with Crippen molar-refractivity contribution in [2.24, 2.45) is 11.3 Å². The van der Waals surface area contributed by atoms with Crippen molar-refractivity contribution in [3.05, 3.63) is 5.73 Å². The summed E-state index contributed by atoms with van der Waals surface area (Å²) in [5.41, 5.74) is 7.17. The SMILES string of the molecule is COC(=O)C([NH-])CC(=O)NCC1OC(OCCCCC(=O)ON2C(=O)CCC2=O)C(NC(C)=O)C(C)(C)C1C.[Y]. The fourth-order valence-corrected chi connectivity index (χ4v) is 4.39. The van der Waals surface area contributed by atoms with Gasteiger partial charge in [0.15, 0.2) is 6.29 Å². The molecule has 0 aromatic rings. The minimum Gasteiger partial charge on any atom is -0.665 e. The van der Waals surface area contributed by atoms with Gasteiger partial charge < -0.3 is 35.4 Å². The number of rotatable bonds is 13. The number of hydrogen-bond donors (Lipinski definition) is 2. The summed E-state index contributed by atoms with van der Waals surface area (Å²) >= 11 is 0. The van der Waals surface area contributed by atoms with E-state index in [1.807, 2.05) is 20.8 Å². The number of hydroxylamine groups is 2. The van der Waals surface area contributed by atoms with Gasteiger partial charge in [0.1, 0.15) is 0 Å². The van der Waals surface area contributed by atoms with Crippen LogP contribution in [-0.2, 0) is 80.5 Å². The summed E-state index contributed by atoms with van der Waals surface area (Å²) < 4.78 is 16.6. The van der Waals surface area contributed by atoms with Crippen molar-refractivity contribution < 1.29 is 80.5 Å². The number of carbonyl (C=O) groups is 6. The molecule has 0 bridgehead atoms. The van der Waals surface area contributed by atoms with E-state index in [2.05, 4.69) is 15.4 Å². The second-order valence-electron chi connectivity index (χ2n) is 10.3. The van der Waals surface area contributed by atoms with Crippen molar-refractivity contribution in [1.29, 1.82) is 0 Å². The van der Waals surface area contributed by atoms with Gasteiger partial charge in [0, 0.05) is 78.5 Å². The van der Waals surface area contributed by atoms with Crippen LogP contribution in [0.15, 0.2) is 0 Å². The van der Waals surface area contributed by atoms with Gasteiger partial charge in [0.2, 0.25) is 11.8 Å². The summed E-state index contributed by atoms with van der Waals surface area (Å²) in [6.45, 7) is 7.53. The van der Waals surface area contributed by atoms with E-state index in [0.29, 0.717) is 17.9 Å². The Bertz CT molecular complexity index is 931. The number of unbranched alkanes of at least 4 members (excludes halogenated alkanes) is 1. The molecular formula is C25H39N4O10Y-. The van der Waals surface area contributed by atoms with Crippen LogP contribution in [0.2, 0.25) is 0 Å². The quantitative estimate of drug-likeness (QED) is 0.165. The smallest absolute Gasteiger partial charge is 0.333 e. The molecule has 2 heterocycles. The third-order valence-electron chi connectivity index (χ3n) is 7.10. The van der Waals surface area contributed by atoms with Gasteiger partial charge in [0.05, 0.1) is 19.3 Å². The third-order valence-corrected chi connectivity index (χ3v) is 7.10. The van der Waals surface area contributed by atoms with E-state index in [4.69, 9.17) is 20.0 Å². The number of nitrogens with zero attached hydrogens (tertiary/aromatic N) is 1. The maximum absolute atomic E-state index is 12.3. The summed E-state index contributed by atoms with van der Waals surface area (Å²) in [7, 11) is 1.15. The Morgan fingerprint density at radius 3 is 2.35 bits per heavy atom. The second kappa shape index (κ2) is 16.4. The van der Waals surface area contributed by atoms with Gasteiger partial charge in [-0.1, -0.05) is 20.8 Å².